The Balaban J connectivity index is 2.55. The highest BCUT2D eigenvalue weighted by atomic mass is 32.1. The fourth-order valence-electron chi connectivity index (χ4n) is 1.36. The Morgan fingerprint density at radius 3 is 2.79 bits per heavy atom. The van der Waals surface area contributed by atoms with Gasteiger partial charge in [-0.15, -0.1) is 0 Å². The van der Waals surface area contributed by atoms with Crippen LogP contribution in [0.4, 0.5) is 0 Å². The Labute approximate surface area is 85.4 Å². The lowest BCUT2D eigenvalue weighted by atomic mass is 10.1. The summed E-state index contributed by atoms with van der Waals surface area (Å²) in [5, 5.41) is 9.52. The zero-order valence-corrected chi connectivity index (χ0v) is 8.21. The molecule has 1 atom stereocenters. The van der Waals surface area contributed by atoms with Crippen LogP contribution in [0.25, 0.3) is 11.0 Å². The van der Waals surface area contributed by atoms with E-state index in [9.17, 15) is 9.90 Å². The topological polar surface area (TPSA) is 68.9 Å². The van der Waals surface area contributed by atoms with Gasteiger partial charge in [-0.1, -0.05) is 6.07 Å². The van der Waals surface area contributed by atoms with E-state index in [2.05, 4.69) is 22.6 Å². The third-order valence-corrected chi connectivity index (χ3v) is 2.44. The molecular formula is C9H10N2O2S. The highest BCUT2D eigenvalue weighted by Gasteiger charge is 2.06. The molecule has 1 aromatic heterocycles. The molecule has 14 heavy (non-hydrogen) atoms. The molecule has 0 aliphatic rings. The van der Waals surface area contributed by atoms with Crippen molar-refractivity contribution in [1.82, 2.24) is 9.97 Å². The third kappa shape index (κ3) is 1.56. The standard InChI is InChI=1S/C9H10N2O2S/c12-8(4-14)5-1-2-6-7(3-5)11-9(13)10-6/h1-3,8,12,14H,4H2,(H2,10,11,13). The number of rotatable bonds is 2. The first kappa shape index (κ1) is 9.36. The number of aliphatic hydroxyl groups excluding tert-OH is 1. The highest BCUT2D eigenvalue weighted by molar-refractivity contribution is 7.80. The van der Waals surface area contributed by atoms with Crippen molar-refractivity contribution in [3.8, 4) is 0 Å². The fraction of sp³-hybridized carbons (Fsp3) is 0.222. The van der Waals surface area contributed by atoms with Crippen LogP contribution >= 0.6 is 12.6 Å². The van der Waals surface area contributed by atoms with Crippen molar-refractivity contribution in [1.29, 1.82) is 0 Å². The summed E-state index contributed by atoms with van der Waals surface area (Å²) in [4.78, 5) is 16.2. The van der Waals surface area contributed by atoms with Gasteiger partial charge in [0.05, 0.1) is 17.1 Å². The lowest BCUT2D eigenvalue weighted by Crippen LogP contribution is -1.99. The van der Waals surface area contributed by atoms with Gasteiger partial charge in [-0.3, -0.25) is 0 Å². The summed E-state index contributed by atoms with van der Waals surface area (Å²) in [6, 6.07) is 5.27. The predicted octanol–water partition coefficient (Wildman–Crippen LogP) is 0.819. The Kier molecular flexibility index (Phi) is 2.35. The Bertz CT molecular complexity index is 503. The smallest absolute Gasteiger partial charge is 0.323 e. The minimum absolute atomic E-state index is 0.238. The van der Waals surface area contributed by atoms with Gasteiger partial charge in [-0.2, -0.15) is 12.6 Å². The molecule has 2 aromatic rings. The van der Waals surface area contributed by atoms with Gasteiger partial charge in [0.15, 0.2) is 0 Å². The van der Waals surface area contributed by atoms with E-state index in [-0.39, 0.29) is 5.69 Å². The maximum Gasteiger partial charge on any atom is 0.323 e. The molecular weight excluding hydrogens is 200 g/mol. The average molecular weight is 210 g/mol. The van der Waals surface area contributed by atoms with Crippen molar-refractivity contribution < 1.29 is 5.11 Å². The highest BCUT2D eigenvalue weighted by Crippen LogP contribution is 2.17. The second-order valence-electron chi connectivity index (χ2n) is 3.08. The van der Waals surface area contributed by atoms with E-state index in [1.54, 1.807) is 18.2 Å². The van der Waals surface area contributed by atoms with Crippen LogP contribution in [-0.2, 0) is 0 Å². The molecule has 0 amide bonds. The molecule has 0 bridgehead atoms. The second kappa shape index (κ2) is 3.51. The molecule has 0 aliphatic carbocycles. The van der Waals surface area contributed by atoms with E-state index in [1.807, 2.05) is 0 Å². The summed E-state index contributed by atoms with van der Waals surface area (Å²) in [5.74, 6) is 0.361. The molecule has 1 heterocycles. The maximum atomic E-state index is 11.0. The minimum Gasteiger partial charge on any atom is -0.388 e. The first-order chi connectivity index (χ1) is 6.70. The van der Waals surface area contributed by atoms with Gasteiger partial charge in [0, 0.05) is 5.75 Å². The third-order valence-electron chi connectivity index (χ3n) is 2.10. The van der Waals surface area contributed by atoms with Crippen LogP contribution in [0.15, 0.2) is 23.0 Å². The zero-order chi connectivity index (χ0) is 10.1. The van der Waals surface area contributed by atoms with Crippen molar-refractivity contribution in [3.63, 3.8) is 0 Å². The number of benzene rings is 1. The van der Waals surface area contributed by atoms with E-state index in [0.29, 0.717) is 11.3 Å². The number of fused-ring (bicyclic) bond motifs is 1. The van der Waals surface area contributed by atoms with Crippen molar-refractivity contribution in [3.05, 3.63) is 34.2 Å². The van der Waals surface area contributed by atoms with Crippen LogP contribution in [0.1, 0.15) is 11.7 Å². The lowest BCUT2D eigenvalue weighted by Gasteiger charge is -2.06. The monoisotopic (exact) mass is 210 g/mol. The summed E-state index contributed by atoms with van der Waals surface area (Å²) in [6.07, 6.45) is -0.596. The molecule has 0 aliphatic heterocycles. The molecule has 0 fully saturated rings. The Hall–Kier alpha value is -1.20. The fourth-order valence-corrected chi connectivity index (χ4v) is 1.57. The van der Waals surface area contributed by atoms with Gasteiger partial charge < -0.3 is 15.1 Å². The number of hydrogen-bond acceptors (Lipinski definition) is 3. The summed E-state index contributed by atoms with van der Waals surface area (Å²) in [7, 11) is 0. The molecule has 74 valence electrons. The predicted molar refractivity (Wildman–Crippen MR) is 57.7 cm³/mol. The second-order valence-corrected chi connectivity index (χ2v) is 3.45. The molecule has 3 N–H and O–H groups in total. The number of aromatic nitrogens is 2. The number of H-pyrrole nitrogens is 2. The number of aliphatic hydroxyl groups is 1. The molecule has 5 heteroatoms. The quantitative estimate of drug-likeness (QED) is 0.554. The average Bonchev–Trinajstić information content (AvgIpc) is 2.55. The van der Waals surface area contributed by atoms with Crippen molar-refractivity contribution in [2.75, 3.05) is 5.75 Å². The van der Waals surface area contributed by atoms with Crippen LogP contribution < -0.4 is 5.69 Å². The summed E-state index contributed by atoms with van der Waals surface area (Å²) in [6.45, 7) is 0. The largest absolute Gasteiger partial charge is 0.388 e. The SMILES string of the molecule is O=c1[nH]c2ccc(C(O)CS)cc2[nH]1. The van der Waals surface area contributed by atoms with E-state index < -0.39 is 6.10 Å². The van der Waals surface area contributed by atoms with Crippen LogP contribution in [0.5, 0.6) is 0 Å². The number of hydrogen-bond donors (Lipinski definition) is 4. The number of aromatic amines is 2. The zero-order valence-electron chi connectivity index (χ0n) is 7.32. The van der Waals surface area contributed by atoms with Gasteiger partial charge in [0.1, 0.15) is 0 Å². The first-order valence-corrected chi connectivity index (χ1v) is 4.85. The van der Waals surface area contributed by atoms with Gasteiger partial charge >= 0.3 is 5.69 Å². The molecule has 1 aromatic carbocycles. The number of imidazole rings is 1. The number of thiol groups is 1. The van der Waals surface area contributed by atoms with Crippen molar-refractivity contribution in [2.45, 2.75) is 6.10 Å². The van der Waals surface area contributed by atoms with Gasteiger partial charge in [0.2, 0.25) is 0 Å². The molecule has 0 spiro atoms. The van der Waals surface area contributed by atoms with E-state index >= 15 is 0 Å². The number of nitrogens with one attached hydrogen (secondary N) is 2. The Morgan fingerprint density at radius 1 is 1.36 bits per heavy atom. The first-order valence-electron chi connectivity index (χ1n) is 4.21. The minimum atomic E-state index is -0.596. The molecule has 2 rings (SSSR count). The van der Waals surface area contributed by atoms with Gasteiger partial charge in [-0.25, -0.2) is 4.79 Å². The maximum absolute atomic E-state index is 11.0. The van der Waals surface area contributed by atoms with Crippen molar-refractivity contribution >= 4 is 23.7 Å². The molecule has 0 saturated carbocycles. The normalized spacial score (nSPS) is 13.3. The molecule has 0 saturated heterocycles. The lowest BCUT2D eigenvalue weighted by molar-refractivity contribution is 0.204. The summed E-state index contributed by atoms with van der Waals surface area (Å²) < 4.78 is 0. The van der Waals surface area contributed by atoms with Gasteiger partial charge in [0.25, 0.3) is 0 Å². The molecule has 1 unspecified atom stereocenters. The summed E-state index contributed by atoms with van der Waals surface area (Å²) in [5.41, 5.74) is 1.96. The Morgan fingerprint density at radius 2 is 2.07 bits per heavy atom. The van der Waals surface area contributed by atoms with E-state index in [4.69, 9.17) is 0 Å². The van der Waals surface area contributed by atoms with Crippen molar-refractivity contribution in [2.24, 2.45) is 0 Å². The van der Waals surface area contributed by atoms with Crippen LogP contribution in [0.2, 0.25) is 0 Å². The van der Waals surface area contributed by atoms with Crippen LogP contribution in [0, 0.1) is 0 Å². The van der Waals surface area contributed by atoms with E-state index in [1.165, 1.54) is 0 Å². The molecule has 0 radical (unpaired) electrons. The molecule has 4 nitrogen and oxygen atoms in total. The summed E-state index contributed by atoms with van der Waals surface area (Å²) >= 11 is 4.00. The van der Waals surface area contributed by atoms with Crippen LogP contribution in [-0.4, -0.2) is 20.8 Å². The van der Waals surface area contributed by atoms with E-state index in [0.717, 1.165) is 11.1 Å². The van der Waals surface area contributed by atoms with Crippen LogP contribution in [0.3, 0.4) is 0 Å². The van der Waals surface area contributed by atoms with Gasteiger partial charge in [-0.05, 0) is 17.7 Å².